The Morgan fingerprint density at radius 1 is 1.30 bits per heavy atom. The highest BCUT2D eigenvalue weighted by molar-refractivity contribution is 5.98. The average molecular weight is 362 g/mol. The first-order valence-electron chi connectivity index (χ1n) is 9.25. The second-order valence-electron chi connectivity index (χ2n) is 6.92. The largest absolute Gasteiger partial charge is 0.342 e. The van der Waals surface area contributed by atoms with Crippen molar-refractivity contribution in [3.8, 4) is 0 Å². The van der Waals surface area contributed by atoms with E-state index in [1.54, 1.807) is 18.3 Å². The molecule has 1 amide bonds. The summed E-state index contributed by atoms with van der Waals surface area (Å²) in [6.07, 6.45) is 5.19. The number of nitrogens with one attached hydrogen (secondary N) is 3. The fourth-order valence-electron chi connectivity index (χ4n) is 3.69. The number of amides is 1. The third kappa shape index (κ3) is 3.75. The van der Waals surface area contributed by atoms with E-state index in [9.17, 15) is 9.59 Å². The lowest BCUT2D eigenvalue weighted by Gasteiger charge is -2.17. The van der Waals surface area contributed by atoms with Gasteiger partial charge >= 0.3 is 0 Å². The number of nitrogens with zero attached hydrogens (tertiary/aromatic N) is 1. The molecule has 0 fully saturated rings. The van der Waals surface area contributed by atoms with E-state index in [4.69, 9.17) is 0 Å². The van der Waals surface area contributed by atoms with Crippen LogP contribution in [0.5, 0.6) is 0 Å². The molecule has 6 heteroatoms. The number of carbonyl (C=O) groups excluding carboxylic acids is 2. The maximum absolute atomic E-state index is 12.4. The van der Waals surface area contributed by atoms with Gasteiger partial charge in [0.2, 0.25) is 0 Å². The van der Waals surface area contributed by atoms with Crippen molar-refractivity contribution in [1.82, 2.24) is 20.8 Å². The number of carbonyl (C=O) groups is 2. The molecule has 1 aliphatic rings. The third-order valence-corrected chi connectivity index (χ3v) is 5.16. The van der Waals surface area contributed by atoms with E-state index in [0.717, 1.165) is 30.0 Å². The van der Waals surface area contributed by atoms with Crippen molar-refractivity contribution in [1.29, 1.82) is 0 Å². The van der Waals surface area contributed by atoms with Gasteiger partial charge in [-0.1, -0.05) is 24.3 Å². The molecule has 0 bridgehead atoms. The SMILES string of the molecule is O=CC(CCNC1CCc2ccccc21)NC(=O)c1ccc2[nH]ncc2c1. The summed E-state index contributed by atoms with van der Waals surface area (Å²) < 4.78 is 0. The van der Waals surface area contributed by atoms with E-state index in [-0.39, 0.29) is 5.91 Å². The molecular formula is C21H22N4O2. The van der Waals surface area contributed by atoms with Crippen LogP contribution in [-0.2, 0) is 11.2 Å². The van der Waals surface area contributed by atoms with Crippen LogP contribution in [0, 0.1) is 0 Å². The molecule has 3 aromatic rings. The van der Waals surface area contributed by atoms with E-state index < -0.39 is 6.04 Å². The average Bonchev–Trinajstić information content (AvgIpc) is 3.33. The summed E-state index contributed by atoms with van der Waals surface area (Å²) in [7, 11) is 0. The van der Waals surface area contributed by atoms with Crippen molar-refractivity contribution < 1.29 is 9.59 Å². The lowest BCUT2D eigenvalue weighted by atomic mass is 10.1. The van der Waals surface area contributed by atoms with Gasteiger partial charge in [0, 0.05) is 17.0 Å². The maximum Gasteiger partial charge on any atom is 0.251 e. The molecule has 2 unspecified atom stereocenters. The second kappa shape index (κ2) is 7.72. The van der Waals surface area contributed by atoms with Crippen molar-refractivity contribution in [2.24, 2.45) is 0 Å². The molecule has 2 aromatic carbocycles. The predicted molar refractivity (Wildman–Crippen MR) is 104 cm³/mol. The quantitative estimate of drug-likeness (QED) is 0.564. The Hall–Kier alpha value is -2.99. The molecule has 0 saturated carbocycles. The number of fused-ring (bicyclic) bond motifs is 2. The van der Waals surface area contributed by atoms with Crippen molar-refractivity contribution >= 4 is 23.1 Å². The Labute approximate surface area is 157 Å². The monoisotopic (exact) mass is 362 g/mol. The van der Waals surface area contributed by atoms with Crippen LogP contribution in [0.25, 0.3) is 10.9 Å². The summed E-state index contributed by atoms with van der Waals surface area (Å²) in [6.45, 7) is 0.670. The third-order valence-electron chi connectivity index (χ3n) is 5.16. The summed E-state index contributed by atoms with van der Waals surface area (Å²) in [5, 5.41) is 14.0. The van der Waals surface area contributed by atoms with Crippen molar-refractivity contribution in [3.63, 3.8) is 0 Å². The molecule has 1 aliphatic carbocycles. The number of benzene rings is 2. The van der Waals surface area contributed by atoms with Crippen LogP contribution in [0.2, 0.25) is 0 Å². The number of hydrogen-bond donors (Lipinski definition) is 3. The highest BCUT2D eigenvalue weighted by Crippen LogP contribution is 2.30. The molecule has 0 radical (unpaired) electrons. The Morgan fingerprint density at radius 2 is 2.19 bits per heavy atom. The molecular weight excluding hydrogens is 340 g/mol. The normalized spacial score (nSPS) is 16.8. The van der Waals surface area contributed by atoms with Gasteiger partial charge in [-0.2, -0.15) is 5.10 Å². The molecule has 138 valence electrons. The number of rotatable bonds is 7. The van der Waals surface area contributed by atoms with Crippen molar-refractivity contribution in [3.05, 3.63) is 65.4 Å². The molecule has 2 atom stereocenters. The van der Waals surface area contributed by atoms with Crippen LogP contribution in [-0.4, -0.2) is 35.0 Å². The molecule has 3 N–H and O–H groups in total. The number of aryl methyl sites for hydroxylation is 1. The van der Waals surface area contributed by atoms with E-state index in [1.807, 2.05) is 6.07 Å². The minimum atomic E-state index is -0.512. The van der Waals surface area contributed by atoms with E-state index >= 15 is 0 Å². The summed E-state index contributed by atoms with van der Waals surface area (Å²) in [5.74, 6) is -0.249. The number of aromatic nitrogens is 2. The first kappa shape index (κ1) is 17.4. The van der Waals surface area contributed by atoms with E-state index in [0.29, 0.717) is 24.6 Å². The van der Waals surface area contributed by atoms with Crippen LogP contribution in [0.3, 0.4) is 0 Å². The maximum atomic E-state index is 12.4. The minimum Gasteiger partial charge on any atom is -0.342 e. The van der Waals surface area contributed by atoms with Gasteiger partial charge < -0.3 is 15.4 Å². The highest BCUT2D eigenvalue weighted by Gasteiger charge is 2.21. The Kier molecular flexibility index (Phi) is 4.98. The summed E-state index contributed by atoms with van der Waals surface area (Å²) in [5.41, 5.74) is 4.13. The van der Waals surface area contributed by atoms with Gasteiger partial charge in [-0.05, 0) is 55.1 Å². The van der Waals surface area contributed by atoms with Gasteiger partial charge in [0.25, 0.3) is 5.91 Å². The predicted octanol–water partition coefficient (Wildman–Crippen LogP) is 2.53. The second-order valence-corrected chi connectivity index (χ2v) is 6.92. The first-order chi connectivity index (χ1) is 13.2. The standard InChI is InChI=1S/C21H22N4O2/c26-13-17(9-10-22-20-8-5-14-3-1-2-4-18(14)20)24-21(27)15-6-7-19-16(11-15)12-23-25-19/h1-4,6-7,11-13,17,20,22H,5,8-10H2,(H,23,25)(H,24,27). The molecule has 1 heterocycles. The van der Waals surface area contributed by atoms with Crippen LogP contribution in [0.15, 0.2) is 48.7 Å². The van der Waals surface area contributed by atoms with Gasteiger partial charge in [0.15, 0.2) is 0 Å². The van der Waals surface area contributed by atoms with Crippen molar-refractivity contribution in [2.75, 3.05) is 6.54 Å². The molecule has 1 aromatic heterocycles. The van der Waals surface area contributed by atoms with Gasteiger partial charge in [-0.25, -0.2) is 0 Å². The summed E-state index contributed by atoms with van der Waals surface area (Å²) in [6, 6.07) is 13.6. The lowest BCUT2D eigenvalue weighted by molar-refractivity contribution is -0.109. The number of hydrogen-bond acceptors (Lipinski definition) is 4. The molecule has 0 saturated heterocycles. The Balaban J connectivity index is 1.31. The fraction of sp³-hybridized carbons (Fsp3) is 0.286. The summed E-state index contributed by atoms with van der Waals surface area (Å²) >= 11 is 0. The fourth-order valence-corrected chi connectivity index (χ4v) is 3.69. The lowest BCUT2D eigenvalue weighted by Crippen LogP contribution is -2.38. The molecule has 0 aliphatic heterocycles. The number of H-pyrrole nitrogens is 1. The van der Waals surface area contributed by atoms with Crippen LogP contribution in [0.4, 0.5) is 0 Å². The number of aldehydes is 1. The molecule has 27 heavy (non-hydrogen) atoms. The Bertz CT molecular complexity index is 965. The van der Waals surface area contributed by atoms with E-state index in [1.165, 1.54) is 11.1 Å². The zero-order valence-corrected chi connectivity index (χ0v) is 14.9. The van der Waals surface area contributed by atoms with Gasteiger partial charge in [-0.3, -0.25) is 9.89 Å². The number of aromatic amines is 1. The van der Waals surface area contributed by atoms with Crippen molar-refractivity contribution in [2.45, 2.75) is 31.3 Å². The van der Waals surface area contributed by atoms with Crippen LogP contribution >= 0.6 is 0 Å². The van der Waals surface area contributed by atoms with Crippen LogP contribution in [0.1, 0.15) is 40.4 Å². The smallest absolute Gasteiger partial charge is 0.251 e. The van der Waals surface area contributed by atoms with Gasteiger partial charge in [-0.15, -0.1) is 0 Å². The molecule has 0 spiro atoms. The zero-order chi connectivity index (χ0) is 18.6. The Morgan fingerprint density at radius 3 is 3.07 bits per heavy atom. The topological polar surface area (TPSA) is 86.9 Å². The molecule has 4 rings (SSSR count). The van der Waals surface area contributed by atoms with Gasteiger partial charge in [0.1, 0.15) is 6.29 Å². The first-order valence-corrected chi connectivity index (χ1v) is 9.25. The van der Waals surface area contributed by atoms with Crippen LogP contribution < -0.4 is 10.6 Å². The minimum absolute atomic E-state index is 0.249. The zero-order valence-electron chi connectivity index (χ0n) is 14.9. The highest BCUT2D eigenvalue weighted by atomic mass is 16.2. The van der Waals surface area contributed by atoms with Gasteiger partial charge in [0.05, 0.1) is 17.8 Å². The van der Waals surface area contributed by atoms with E-state index in [2.05, 4.69) is 45.1 Å². The summed E-state index contributed by atoms with van der Waals surface area (Å²) in [4.78, 5) is 23.9. The molecule has 6 nitrogen and oxygen atoms in total.